The van der Waals surface area contributed by atoms with Crippen molar-refractivity contribution < 1.29 is 9.53 Å². The van der Waals surface area contributed by atoms with E-state index >= 15 is 0 Å². The molecular formula is C19H24N2O2S. The van der Waals surface area contributed by atoms with Crippen LogP contribution in [0.3, 0.4) is 0 Å². The highest BCUT2D eigenvalue weighted by atomic mass is 32.1. The van der Waals surface area contributed by atoms with Crippen molar-refractivity contribution in [1.82, 2.24) is 9.88 Å². The maximum atomic E-state index is 12.6. The van der Waals surface area contributed by atoms with E-state index in [-0.39, 0.29) is 5.91 Å². The summed E-state index contributed by atoms with van der Waals surface area (Å²) >= 11 is 1.54. The van der Waals surface area contributed by atoms with E-state index < -0.39 is 0 Å². The molecule has 1 aliphatic heterocycles. The number of piperidine rings is 1. The molecule has 0 unspecified atom stereocenters. The predicted octanol–water partition coefficient (Wildman–Crippen LogP) is 3.95. The molecule has 0 saturated carbocycles. The van der Waals surface area contributed by atoms with Crippen molar-refractivity contribution in [2.75, 3.05) is 20.2 Å². The number of aromatic nitrogens is 1. The second-order valence-electron chi connectivity index (χ2n) is 6.40. The van der Waals surface area contributed by atoms with Crippen molar-refractivity contribution >= 4 is 17.2 Å². The van der Waals surface area contributed by atoms with Crippen LogP contribution in [-0.2, 0) is 6.42 Å². The Morgan fingerprint density at radius 1 is 1.46 bits per heavy atom. The first kappa shape index (κ1) is 17.0. The second kappa shape index (κ2) is 7.79. The number of likely N-dealkylation sites (tertiary alicyclic amines) is 1. The number of hydrogen-bond acceptors (Lipinski definition) is 4. The van der Waals surface area contributed by atoms with Gasteiger partial charge in [0.1, 0.15) is 11.4 Å². The van der Waals surface area contributed by atoms with Crippen LogP contribution >= 0.6 is 11.3 Å². The number of benzene rings is 1. The minimum Gasteiger partial charge on any atom is -0.497 e. The highest BCUT2D eigenvalue weighted by molar-refractivity contribution is 7.09. The average molecular weight is 344 g/mol. The van der Waals surface area contributed by atoms with Crippen molar-refractivity contribution in [3.8, 4) is 5.75 Å². The molecule has 0 bridgehead atoms. The Hall–Kier alpha value is -1.88. The summed E-state index contributed by atoms with van der Waals surface area (Å²) in [4.78, 5) is 18.9. The third kappa shape index (κ3) is 4.15. The molecule has 4 nitrogen and oxygen atoms in total. The maximum Gasteiger partial charge on any atom is 0.273 e. The number of methoxy groups -OCH3 is 1. The number of amides is 1. The van der Waals surface area contributed by atoms with Crippen molar-refractivity contribution in [1.29, 1.82) is 0 Å². The summed E-state index contributed by atoms with van der Waals surface area (Å²) in [6, 6.07) is 8.26. The van der Waals surface area contributed by atoms with E-state index in [0.29, 0.717) is 11.6 Å². The molecule has 0 radical (unpaired) electrons. The molecule has 24 heavy (non-hydrogen) atoms. The number of aryl methyl sites for hydroxylation is 2. The number of ether oxygens (including phenoxy) is 1. The van der Waals surface area contributed by atoms with E-state index in [0.717, 1.165) is 43.1 Å². The van der Waals surface area contributed by atoms with Crippen molar-refractivity contribution in [3.63, 3.8) is 0 Å². The average Bonchev–Trinajstić information content (AvgIpc) is 3.06. The third-order valence-corrected chi connectivity index (χ3v) is 5.39. The van der Waals surface area contributed by atoms with E-state index in [1.165, 1.54) is 23.3 Å². The smallest absolute Gasteiger partial charge is 0.273 e. The zero-order valence-corrected chi connectivity index (χ0v) is 15.1. The first-order chi connectivity index (χ1) is 11.7. The molecule has 128 valence electrons. The summed E-state index contributed by atoms with van der Waals surface area (Å²) in [5.41, 5.74) is 1.90. The number of hydrogen-bond donors (Lipinski definition) is 0. The van der Waals surface area contributed by atoms with Crippen LogP contribution in [0, 0.1) is 12.8 Å². The monoisotopic (exact) mass is 344 g/mol. The van der Waals surface area contributed by atoms with Crippen LogP contribution in [0.25, 0.3) is 0 Å². The molecule has 1 amide bonds. The van der Waals surface area contributed by atoms with E-state index in [4.69, 9.17) is 4.74 Å². The van der Waals surface area contributed by atoms with Crippen LogP contribution in [0.1, 0.15) is 40.3 Å². The van der Waals surface area contributed by atoms with Gasteiger partial charge in [-0.2, -0.15) is 0 Å². The predicted molar refractivity (Wildman–Crippen MR) is 96.8 cm³/mol. The molecular weight excluding hydrogens is 320 g/mol. The van der Waals surface area contributed by atoms with Crippen LogP contribution < -0.4 is 4.74 Å². The van der Waals surface area contributed by atoms with Crippen molar-refractivity contribution in [3.05, 3.63) is 45.9 Å². The van der Waals surface area contributed by atoms with E-state index in [1.807, 2.05) is 29.3 Å². The lowest BCUT2D eigenvalue weighted by Crippen LogP contribution is -2.40. The number of carbonyl (C=O) groups is 1. The molecule has 2 heterocycles. The third-order valence-electron chi connectivity index (χ3n) is 4.62. The molecule has 0 spiro atoms. The van der Waals surface area contributed by atoms with Gasteiger partial charge in [-0.3, -0.25) is 4.79 Å². The Bertz CT molecular complexity index is 698. The van der Waals surface area contributed by atoms with Gasteiger partial charge < -0.3 is 9.64 Å². The van der Waals surface area contributed by atoms with Crippen molar-refractivity contribution in [2.45, 2.75) is 32.6 Å². The molecule has 0 N–H and O–H groups in total. The minimum atomic E-state index is 0.0884. The normalized spacial score (nSPS) is 17.8. The lowest BCUT2D eigenvalue weighted by Gasteiger charge is -2.32. The lowest BCUT2D eigenvalue weighted by molar-refractivity contribution is 0.0663. The molecule has 1 aliphatic rings. The SMILES string of the molecule is COc1cccc(CC[C@H]2CCCN(C(=O)c3csc(C)n3)C2)c1. The standard InChI is InChI=1S/C19H24N2O2S/c1-14-20-18(13-24-14)19(22)21-10-4-6-16(12-21)9-8-15-5-3-7-17(11-15)23-2/h3,5,7,11,13,16H,4,6,8-10,12H2,1-2H3/t16-/m1/s1. The Morgan fingerprint density at radius 2 is 2.33 bits per heavy atom. The summed E-state index contributed by atoms with van der Waals surface area (Å²) in [5.74, 6) is 1.56. The molecule has 2 aromatic rings. The fraction of sp³-hybridized carbons (Fsp3) is 0.474. The van der Waals surface area contributed by atoms with Gasteiger partial charge in [0, 0.05) is 18.5 Å². The first-order valence-electron chi connectivity index (χ1n) is 8.50. The molecule has 5 heteroatoms. The highest BCUT2D eigenvalue weighted by Gasteiger charge is 2.25. The van der Waals surface area contributed by atoms with Gasteiger partial charge in [0.2, 0.25) is 0 Å². The van der Waals surface area contributed by atoms with Crippen molar-refractivity contribution in [2.24, 2.45) is 5.92 Å². The van der Waals surface area contributed by atoms with Gasteiger partial charge >= 0.3 is 0 Å². The van der Waals surface area contributed by atoms with E-state index in [2.05, 4.69) is 17.1 Å². The van der Waals surface area contributed by atoms with Crippen LogP contribution in [-0.4, -0.2) is 36.0 Å². The van der Waals surface area contributed by atoms with E-state index in [1.54, 1.807) is 7.11 Å². The fourth-order valence-corrected chi connectivity index (χ4v) is 3.89. The molecule has 1 atom stereocenters. The second-order valence-corrected chi connectivity index (χ2v) is 7.46. The van der Waals surface area contributed by atoms with Crippen LogP contribution in [0.15, 0.2) is 29.6 Å². The Labute approximate surface area is 147 Å². The van der Waals surface area contributed by atoms with Crippen LogP contribution in [0.4, 0.5) is 0 Å². The highest BCUT2D eigenvalue weighted by Crippen LogP contribution is 2.24. The quantitative estimate of drug-likeness (QED) is 0.825. The zero-order valence-electron chi connectivity index (χ0n) is 14.3. The van der Waals surface area contributed by atoms with Gasteiger partial charge in [-0.25, -0.2) is 4.98 Å². The molecule has 1 aromatic heterocycles. The van der Waals surface area contributed by atoms with Gasteiger partial charge in [-0.1, -0.05) is 12.1 Å². The number of carbonyl (C=O) groups excluding carboxylic acids is 1. The number of thiazole rings is 1. The summed E-state index contributed by atoms with van der Waals surface area (Å²) < 4.78 is 5.29. The Kier molecular flexibility index (Phi) is 5.51. The zero-order chi connectivity index (χ0) is 16.9. The summed E-state index contributed by atoms with van der Waals surface area (Å²) in [5, 5.41) is 2.82. The first-order valence-corrected chi connectivity index (χ1v) is 9.38. The number of nitrogens with zero attached hydrogens (tertiary/aromatic N) is 2. The number of rotatable bonds is 5. The summed E-state index contributed by atoms with van der Waals surface area (Å²) in [6.07, 6.45) is 4.41. The van der Waals surface area contributed by atoms with Gasteiger partial charge in [0.05, 0.1) is 12.1 Å². The minimum absolute atomic E-state index is 0.0884. The lowest BCUT2D eigenvalue weighted by atomic mass is 9.91. The molecule has 1 fully saturated rings. The molecule has 1 aromatic carbocycles. The van der Waals surface area contributed by atoms with Crippen LogP contribution in [0.5, 0.6) is 5.75 Å². The fourth-order valence-electron chi connectivity index (χ4n) is 3.31. The van der Waals surface area contributed by atoms with Gasteiger partial charge in [-0.15, -0.1) is 11.3 Å². The van der Waals surface area contributed by atoms with Gasteiger partial charge in [-0.05, 0) is 56.2 Å². The molecule has 3 rings (SSSR count). The van der Waals surface area contributed by atoms with Crippen LogP contribution in [0.2, 0.25) is 0 Å². The Balaban J connectivity index is 1.56. The van der Waals surface area contributed by atoms with Gasteiger partial charge in [0.25, 0.3) is 5.91 Å². The summed E-state index contributed by atoms with van der Waals surface area (Å²) in [7, 11) is 1.70. The molecule has 0 aliphatic carbocycles. The van der Waals surface area contributed by atoms with Gasteiger partial charge in [0.15, 0.2) is 0 Å². The summed E-state index contributed by atoms with van der Waals surface area (Å²) in [6.45, 7) is 3.64. The Morgan fingerprint density at radius 3 is 3.08 bits per heavy atom. The largest absolute Gasteiger partial charge is 0.497 e. The molecule has 1 saturated heterocycles. The maximum absolute atomic E-state index is 12.6. The van der Waals surface area contributed by atoms with E-state index in [9.17, 15) is 4.79 Å². The topological polar surface area (TPSA) is 42.4 Å².